The lowest BCUT2D eigenvalue weighted by Gasteiger charge is -2.40. The molecule has 0 spiro atoms. The number of allylic oxidation sites excluding steroid dienone is 6. The molecule has 8 nitrogen and oxygen atoms in total. The minimum absolute atomic E-state index is 0.235. The number of oxazole rings is 2. The van der Waals surface area contributed by atoms with E-state index in [2.05, 4.69) is 54.2 Å². The molecule has 204 valence electrons. The van der Waals surface area contributed by atoms with Crippen molar-refractivity contribution >= 4 is 0 Å². The van der Waals surface area contributed by atoms with E-state index in [0.717, 1.165) is 12.8 Å². The highest BCUT2D eigenvalue weighted by atomic mass is 16.7. The summed E-state index contributed by atoms with van der Waals surface area (Å²) in [5.41, 5.74) is 2.54. The molecule has 3 rings (SSSR count). The van der Waals surface area contributed by atoms with Gasteiger partial charge < -0.3 is 28.2 Å². The molecule has 0 saturated carbocycles. The van der Waals surface area contributed by atoms with E-state index in [4.69, 9.17) is 23.0 Å². The third-order valence-corrected chi connectivity index (χ3v) is 6.55. The summed E-state index contributed by atoms with van der Waals surface area (Å²) in [5.74, 6) is 0.659. The molecule has 0 radical (unpaired) electrons. The second-order valence-electron chi connectivity index (χ2n) is 9.95. The molecule has 0 aliphatic carbocycles. The van der Waals surface area contributed by atoms with E-state index >= 15 is 0 Å². The molecule has 0 bridgehead atoms. The lowest BCUT2D eigenvalue weighted by molar-refractivity contribution is -0.278. The first-order valence-corrected chi connectivity index (χ1v) is 13.0. The Kier molecular flexibility index (Phi) is 10.9. The molecule has 5 atom stereocenters. The summed E-state index contributed by atoms with van der Waals surface area (Å²) in [6, 6.07) is 0. The minimum Gasteiger partial charge on any atom is -0.448 e. The van der Waals surface area contributed by atoms with Crippen molar-refractivity contribution in [2.24, 2.45) is 5.92 Å². The van der Waals surface area contributed by atoms with Crippen LogP contribution in [0.2, 0.25) is 0 Å². The quantitative estimate of drug-likeness (QED) is 0.309. The number of nitrogens with zero attached hydrogens (tertiary/aromatic N) is 2. The number of ether oxygens (including phenoxy) is 3. The molecule has 8 heteroatoms. The van der Waals surface area contributed by atoms with Gasteiger partial charge in [-0.3, -0.25) is 0 Å². The van der Waals surface area contributed by atoms with Gasteiger partial charge >= 0.3 is 0 Å². The van der Waals surface area contributed by atoms with Crippen LogP contribution >= 0.6 is 0 Å². The number of rotatable bonds is 13. The Morgan fingerprint density at radius 3 is 2.78 bits per heavy atom. The van der Waals surface area contributed by atoms with Gasteiger partial charge in [0.05, 0.1) is 12.2 Å². The topological polar surface area (TPSA) is 100.0 Å². The number of hydrogen-bond acceptors (Lipinski definition) is 8. The Labute approximate surface area is 220 Å². The van der Waals surface area contributed by atoms with Crippen molar-refractivity contribution in [3.63, 3.8) is 0 Å². The second-order valence-corrected chi connectivity index (χ2v) is 9.95. The van der Waals surface area contributed by atoms with Crippen LogP contribution in [0.5, 0.6) is 0 Å². The normalized spacial score (nSPS) is 24.8. The first-order valence-electron chi connectivity index (χ1n) is 13.0. The molecule has 1 fully saturated rings. The average Bonchev–Trinajstić information content (AvgIpc) is 3.52. The van der Waals surface area contributed by atoms with Gasteiger partial charge in [0.25, 0.3) is 0 Å². The van der Waals surface area contributed by atoms with E-state index in [0.29, 0.717) is 54.8 Å². The average molecular weight is 515 g/mol. The van der Waals surface area contributed by atoms with Crippen molar-refractivity contribution in [3.05, 3.63) is 60.1 Å². The third-order valence-electron chi connectivity index (χ3n) is 6.55. The van der Waals surface area contributed by atoms with Gasteiger partial charge in [-0.15, -0.1) is 0 Å². The third kappa shape index (κ3) is 8.78. The SMILES string of the molecule is C/C=C/[C@@H](C)/C=C(/C)C/C=C/CCc1nc(-c2nc([C@H](C[C@@H]3C[C@H](O)C[C@@](C)(OC)O3)OC)co2)co1. The van der Waals surface area contributed by atoms with E-state index in [1.807, 2.05) is 13.8 Å². The van der Waals surface area contributed by atoms with E-state index in [1.54, 1.807) is 26.7 Å². The highest BCUT2D eigenvalue weighted by molar-refractivity contribution is 5.44. The highest BCUT2D eigenvalue weighted by Crippen LogP contribution is 2.35. The predicted molar refractivity (Wildman–Crippen MR) is 142 cm³/mol. The van der Waals surface area contributed by atoms with Crippen LogP contribution in [-0.2, 0) is 20.6 Å². The van der Waals surface area contributed by atoms with Crippen molar-refractivity contribution in [3.8, 4) is 11.6 Å². The second kappa shape index (κ2) is 13.9. The van der Waals surface area contributed by atoms with Gasteiger partial charge in [-0.05, 0) is 46.0 Å². The van der Waals surface area contributed by atoms with Crippen LogP contribution in [0, 0.1) is 5.92 Å². The van der Waals surface area contributed by atoms with E-state index in [9.17, 15) is 5.11 Å². The Bertz CT molecular complexity index is 1050. The largest absolute Gasteiger partial charge is 0.448 e. The number of methoxy groups -OCH3 is 2. The van der Waals surface area contributed by atoms with Gasteiger partial charge in [0.2, 0.25) is 5.89 Å². The standard InChI is InChI=1S/C29H42N2O6/c1-7-11-20(2)14-21(3)12-9-8-10-13-27-30-25(19-35-27)28-31-24(18-36-28)26(33-5)16-23-15-22(32)17-29(4,34-6)37-23/h7-9,11,14,18-20,22-23,26,32H,10,12-13,15-17H2,1-6H3/b9-8+,11-7+,21-14-/t20-,22+,23+,26+,29+/m1/s1. The number of aliphatic hydroxyl groups is 1. The smallest absolute Gasteiger partial charge is 0.248 e. The maximum atomic E-state index is 10.3. The van der Waals surface area contributed by atoms with Gasteiger partial charge in [0.1, 0.15) is 24.3 Å². The summed E-state index contributed by atoms with van der Waals surface area (Å²) in [5, 5.41) is 10.3. The lowest BCUT2D eigenvalue weighted by Crippen LogP contribution is -2.45. The summed E-state index contributed by atoms with van der Waals surface area (Å²) >= 11 is 0. The molecular formula is C29H42N2O6. The van der Waals surface area contributed by atoms with Crippen molar-refractivity contribution in [2.45, 2.75) is 90.3 Å². The number of hydrogen-bond donors (Lipinski definition) is 1. The first-order chi connectivity index (χ1) is 17.7. The summed E-state index contributed by atoms with van der Waals surface area (Å²) in [6.07, 6.45) is 16.9. The maximum Gasteiger partial charge on any atom is 0.248 e. The molecule has 1 N–H and O–H groups in total. The Morgan fingerprint density at radius 1 is 1.24 bits per heavy atom. The lowest BCUT2D eigenvalue weighted by atomic mass is 9.95. The molecule has 37 heavy (non-hydrogen) atoms. The van der Waals surface area contributed by atoms with Crippen LogP contribution in [0.3, 0.4) is 0 Å². The number of aryl methyl sites for hydroxylation is 1. The molecule has 0 aromatic carbocycles. The molecular weight excluding hydrogens is 472 g/mol. The molecule has 1 aliphatic rings. The van der Waals surface area contributed by atoms with E-state index in [1.165, 1.54) is 5.57 Å². The van der Waals surface area contributed by atoms with Gasteiger partial charge in [-0.2, -0.15) is 0 Å². The van der Waals surface area contributed by atoms with Gasteiger partial charge in [-0.1, -0.05) is 42.9 Å². The van der Waals surface area contributed by atoms with Crippen molar-refractivity contribution < 1.29 is 28.2 Å². The van der Waals surface area contributed by atoms with Gasteiger partial charge in [0.15, 0.2) is 17.4 Å². The number of aliphatic hydroxyl groups excluding tert-OH is 1. The van der Waals surface area contributed by atoms with E-state index in [-0.39, 0.29) is 12.2 Å². The predicted octanol–water partition coefficient (Wildman–Crippen LogP) is 6.35. The molecule has 0 amide bonds. The highest BCUT2D eigenvalue weighted by Gasteiger charge is 2.39. The van der Waals surface area contributed by atoms with Crippen molar-refractivity contribution in [1.82, 2.24) is 9.97 Å². The maximum absolute atomic E-state index is 10.3. The first kappa shape index (κ1) is 29.0. The molecule has 1 aliphatic heterocycles. The zero-order valence-corrected chi connectivity index (χ0v) is 23.0. The fraction of sp³-hybridized carbons (Fsp3) is 0.586. The fourth-order valence-corrected chi connectivity index (χ4v) is 4.66. The minimum atomic E-state index is -0.817. The van der Waals surface area contributed by atoms with Crippen molar-refractivity contribution in [1.29, 1.82) is 0 Å². The summed E-state index contributed by atoms with van der Waals surface area (Å²) in [6.45, 7) is 8.23. The molecule has 2 aromatic heterocycles. The zero-order chi connectivity index (χ0) is 26.8. The van der Waals surface area contributed by atoms with Crippen LogP contribution in [0.4, 0.5) is 0 Å². The van der Waals surface area contributed by atoms with Gasteiger partial charge in [0, 0.05) is 33.5 Å². The van der Waals surface area contributed by atoms with Gasteiger partial charge in [-0.25, -0.2) is 9.97 Å². The summed E-state index contributed by atoms with van der Waals surface area (Å²) < 4.78 is 28.5. The molecule has 1 saturated heterocycles. The van der Waals surface area contributed by atoms with Crippen molar-refractivity contribution in [2.75, 3.05) is 14.2 Å². The van der Waals surface area contributed by atoms with Crippen LogP contribution in [0.25, 0.3) is 11.6 Å². The monoisotopic (exact) mass is 514 g/mol. The Balaban J connectivity index is 1.53. The Hall–Kier alpha value is -2.52. The van der Waals surface area contributed by atoms with Crippen LogP contribution in [0.15, 0.2) is 57.3 Å². The molecule has 3 heterocycles. The molecule has 0 unspecified atom stereocenters. The van der Waals surface area contributed by atoms with Crippen LogP contribution in [0.1, 0.15) is 77.5 Å². The summed E-state index contributed by atoms with van der Waals surface area (Å²) in [4.78, 5) is 9.12. The summed E-state index contributed by atoms with van der Waals surface area (Å²) in [7, 11) is 3.21. The Morgan fingerprint density at radius 2 is 2.05 bits per heavy atom. The van der Waals surface area contributed by atoms with Crippen LogP contribution in [-0.4, -0.2) is 47.3 Å². The fourth-order valence-electron chi connectivity index (χ4n) is 4.66. The zero-order valence-electron chi connectivity index (χ0n) is 23.0. The number of aromatic nitrogens is 2. The van der Waals surface area contributed by atoms with Crippen LogP contribution < -0.4 is 0 Å². The van der Waals surface area contributed by atoms with E-state index < -0.39 is 11.9 Å². The molecule has 2 aromatic rings.